The largest absolute Gasteiger partial charge is 0.462 e. The number of halogens is 1. The van der Waals surface area contributed by atoms with Crippen LogP contribution in [-0.4, -0.2) is 39.0 Å². The molecule has 0 spiro atoms. The summed E-state index contributed by atoms with van der Waals surface area (Å²) in [5.41, 5.74) is 1.18. The van der Waals surface area contributed by atoms with Crippen molar-refractivity contribution in [3.05, 3.63) is 72.6 Å². The molecule has 0 saturated carbocycles. The molecule has 3 rings (SSSR count). The first kappa shape index (κ1) is 23.2. The van der Waals surface area contributed by atoms with Gasteiger partial charge in [-0.3, -0.25) is 9.36 Å². The molecule has 0 unspecified atom stereocenters. The Balaban J connectivity index is 1.67. The number of ether oxygens (including phenoxy) is 1. The maximum atomic E-state index is 14.2. The summed E-state index contributed by atoms with van der Waals surface area (Å²) in [6.45, 7) is 6.35. The third kappa shape index (κ3) is 5.82. The number of allylic oxidation sites excluding steroid dienone is 1. The Labute approximate surface area is 189 Å². The monoisotopic (exact) mass is 454 g/mol. The van der Waals surface area contributed by atoms with Crippen molar-refractivity contribution in [1.29, 1.82) is 0 Å². The van der Waals surface area contributed by atoms with Gasteiger partial charge < -0.3 is 10.1 Å². The van der Waals surface area contributed by atoms with Crippen LogP contribution in [0.2, 0.25) is 0 Å². The number of hydrogen-bond acceptors (Lipinski definition) is 6. The fourth-order valence-electron chi connectivity index (χ4n) is 2.86. The van der Waals surface area contributed by atoms with E-state index in [0.29, 0.717) is 40.9 Å². The van der Waals surface area contributed by atoms with Crippen LogP contribution in [0.15, 0.2) is 66.3 Å². The number of esters is 1. The highest BCUT2D eigenvalue weighted by molar-refractivity contribution is 7.99. The van der Waals surface area contributed by atoms with Crippen LogP contribution in [0.5, 0.6) is 0 Å². The van der Waals surface area contributed by atoms with Gasteiger partial charge in [0.25, 0.3) is 0 Å². The molecule has 0 atom stereocenters. The van der Waals surface area contributed by atoms with Crippen molar-refractivity contribution in [3.63, 3.8) is 0 Å². The number of amides is 1. The molecule has 0 saturated heterocycles. The van der Waals surface area contributed by atoms with Gasteiger partial charge in [-0.1, -0.05) is 43.0 Å². The first-order chi connectivity index (χ1) is 15.5. The molecular formula is C23H23FN4O3S. The highest BCUT2D eigenvalue weighted by Crippen LogP contribution is 2.26. The van der Waals surface area contributed by atoms with Crippen molar-refractivity contribution in [2.45, 2.75) is 25.0 Å². The van der Waals surface area contributed by atoms with Crippen LogP contribution in [0.1, 0.15) is 23.7 Å². The van der Waals surface area contributed by atoms with Gasteiger partial charge >= 0.3 is 5.97 Å². The van der Waals surface area contributed by atoms with Crippen LogP contribution in [0.4, 0.5) is 10.1 Å². The second kappa shape index (κ2) is 11.2. The molecule has 1 aromatic heterocycles. The van der Waals surface area contributed by atoms with Crippen molar-refractivity contribution in [2.24, 2.45) is 0 Å². The highest BCUT2D eigenvalue weighted by Gasteiger charge is 2.17. The summed E-state index contributed by atoms with van der Waals surface area (Å²) in [5, 5.41) is 11.4. The quantitative estimate of drug-likeness (QED) is 0.274. The van der Waals surface area contributed by atoms with Gasteiger partial charge in [-0.15, -0.1) is 16.8 Å². The van der Waals surface area contributed by atoms with Gasteiger partial charge in [-0.05, 0) is 36.8 Å². The number of rotatable bonds is 10. The molecule has 0 fully saturated rings. The van der Waals surface area contributed by atoms with Gasteiger partial charge in [0.05, 0.1) is 23.5 Å². The molecule has 2 aromatic carbocycles. The van der Waals surface area contributed by atoms with E-state index in [9.17, 15) is 14.0 Å². The minimum absolute atomic E-state index is 0.0526. The number of carbonyl (C=O) groups excluding carboxylic acids is 2. The van der Waals surface area contributed by atoms with Crippen LogP contribution < -0.4 is 5.32 Å². The average molecular weight is 455 g/mol. The number of nitrogens with zero attached hydrogens (tertiary/aromatic N) is 3. The van der Waals surface area contributed by atoms with Gasteiger partial charge in [0.2, 0.25) is 5.91 Å². The van der Waals surface area contributed by atoms with Gasteiger partial charge in [-0.2, -0.15) is 0 Å². The van der Waals surface area contributed by atoms with Gasteiger partial charge in [0.15, 0.2) is 11.0 Å². The lowest BCUT2D eigenvalue weighted by molar-refractivity contribution is -0.113. The van der Waals surface area contributed by atoms with Gasteiger partial charge in [0.1, 0.15) is 5.82 Å². The number of carbonyl (C=O) groups is 2. The molecule has 7 nitrogen and oxygen atoms in total. The average Bonchev–Trinajstić information content (AvgIpc) is 3.19. The second-order valence-electron chi connectivity index (χ2n) is 6.74. The Morgan fingerprint density at radius 2 is 2.03 bits per heavy atom. The van der Waals surface area contributed by atoms with E-state index in [0.717, 1.165) is 6.42 Å². The third-order valence-electron chi connectivity index (χ3n) is 4.29. The van der Waals surface area contributed by atoms with E-state index in [1.807, 2.05) is 6.92 Å². The lowest BCUT2D eigenvalue weighted by Gasteiger charge is -2.09. The molecule has 3 aromatic rings. The Bertz CT molecular complexity index is 1120. The third-order valence-corrected chi connectivity index (χ3v) is 5.26. The fraction of sp³-hybridized carbons (Fsp3) is 0.217. The van der Waals surface area contributed by atoms with E-state index in [1.54, 1.807) is 53.1 Å². The molecule has 0 aliphatic rings. The van der Waals surface area contributed by atoms with Gasteiger partial charge in [-0.25, -0.2) is 9.18 Å². The molecule has 1 heterocycles. The number of anilines is 1. The van der Waals surface area contributed by atoms with Crippen molar-refractivity contribution in [3.8, 4) is 11.4 Å². The Morgan fingerprint density at radius 3 is 2.78 bits per heavy atom. The van der Waals surface area contributed by atoms with Crippen LogP contribution in [0.3, 0.4) is 0 Å². The number of nitrogens with one attached hydrogen (secondary N) is 1. The summed E-state index contributed by atoms with van der Waals surface area (Å²) < 4.78 is 21.0. The maximum Gasteiger partial charge on any atom is 0.338 e. The summed E-state index contributed by atoms with van der Waals surface area (Å²) in [6, 6.07) is 12.9. The first-order valence-corrected chi connectivity index (χ1v) is 11.0. The SMILES string of the molecule is C=CCn1c(SCC(=O)Nc2cccc(C(=O)OCCC)c2)nnc1-c1ccccc1F. The second-order valence-corrected chi connectivity index (χ2v) is 7.68. The Kier molecular flexibility index (Phi) is 8.15. The Morgan fingerprint density at radius 1 is 1.22 bits per heavy atom. The minimum atomic E-state index is -0.435. The van der Waals surface area contributed by atoms with E-state index in [1.165, 1.54) is 17.8 Å². The number of thioether (sulfide) groups is 1. The zero-order valence-corrected chi connectivity index (χ0v) is 18.4. The number of aromatic nitrogens is 3. The summed E-state index contributed by atoms with van der Waals surface area (Å²) in [5.74, 6) is -0.705. The lowest BCUT2D eigenvalue weighted by atomic mass is 10.2. The molecule has 0 aliphatic carbocycles. The van der Waals surface area contributed by atoms with E-state index >= 15 is 0 Å². The molecule has 9 heteroatoms. The fourth-order valence-corrected chi connectivity index (χ4v) is 3.61. The van der Waals surface area contributed by atoms with Crippen molar-refractivity contribution in [2.75, 3.05) is 17.7 Å². The van der Waals surface area contributed by atoms with E-state index in [-0.39, 0.29) is 11.7 Å². The summed E-state index contributed by atoms with van der Waals surface area (Å²) in [7, 11) is 0. The molecule has 0 radical (unpaired) electrons. The Hall–Kier alpha value is -3.46. The number of hydrogen-bond donors (Lipinski definition) is 1. The predicted molar refractivity (Wildman–Crippen MR) is 122 cm³/mol. The molecule has 1 amide bonds. The van der Waals surface area contributed by atoms with E-state index in [2.05, 4.69) is 22.1 Å². The van der Waals surface area contributed by atoms with Crippen molar-refractivity contribution >= 4 is 29.3 Å². The predicted octanol–water partition coefficient (Wildman–Crippen LogP) is 4.57. The summed E-state index contributed by atoms with van der Waals surface area (Å²) in [6.07, 6.45) is 2.38. The molecule has 0 aliphatic heterocycles. The molecule has 0 bridgehead atoms. The minimum Gasteiger partial charge on any atom is -0.462 e. The van der Waals surface area contributed by atoms with E-state index in [4.69, 9.17) is 4.74 Å². The summed E-state index contributed by atoms with van der Waals surface area (Å²) >= 11 is 1.17. The standard InChI is InChI=1S/C23H23FN4O3S/c1-3-12-28-21(18-10-5-6-11-19(18)24)26-27-23(28)32-15-20(29)25-17-9-7-8-16(14-17)22(30)31-13-4-2/h3,5-11,14H,1,4,12-13,15H2,2H3,(H,25,29). The van der Waals surface area contributed by atoms with Crippen LogP contribution >= 0.6 is 11.8 Å². The van der Waals surface area contributed by atoms with Crippen molar-refractivity contribution < 1.29 is 18.7 Å². The highest BCUT2D eigenvalue weighted by atomic mass is 32.2. The smallest absolute Gasteiger partial charge is 0.338 e. The van der Waals surface area contributed by atoms with Crippen LogP contribution in [-0.2, 0) is 16.1 Å². The zero-order chi connectivity index (χ0) is 22.9. The summed E-state index contributed by atoms with van der Waals surface area (Å²) in [4.78, 5) is 24.5. The molecule has 32 heavy (non-hydrogen) atoms. The van der Waals surface area contributed by atoms with E-state index < -0.39 is 11.8 Å². The van der Waals surface area contributed by atoms with Gasteiger partial charge in [0, 0.05) is 12.2 Å². The molecule has 166 valence electrons. The topological polar surface area (TPSA) is 86.1 Å². The maximum absolute atomic E-state index is 14.2. The first-order valence-electron chi connectivity index (χ1n) is 10.0. The van der Waals surface area contributed by atoms with Crippen molar-refractivity contribution in [1.82, 2.24) is 14.8 Å². The number of benzene rings is 2. The zero-order valence-electron chi connectivity index (χ0n) is 17.6. The van der Waals surface area contributed by atoms with Crippen LogP contribution in [0, 0.1) is 5.82 Å². The molecule has 1 N–H and O–H groups in total. The van der Waals surface area contributed by atoms with Crippen LogP contribution in [0.25, 0.3) is 11.4 Å². The lowest BCUT2D eigenvalue weighted by Crippen LogP contribution is -2.15. The molecular weight excluding hydrogens is 431 g/mol. The normalized spacial score (nSPS) is 10.6.